The van der Waals surface area contributed by atoms with Crippen LogP contribution in [0.5, 0.6) is 0 Å². The zero-order valence-electron chi connectivity index (χ0n) is 9.76. The monoisotopic (exact) mass is 270 g/mol. The average molecular weight is 270 g/mol. The topological polar surface area (TPSA) is 109 Å². The smallest absolute Gasteiger partial charge is 0.443 e. The van der Waals surface area contributed by atoms with Gasteiger partial charge in [-0.2, -0.15) is 4.84 Å². The van der Waals surface area contributed by atoms with Gasteiger partial charge in [-0.15, -0.1) is 0 Å². The number of ether oxygens (including phenoxy) is 1. The van der Waals surface area contributed by atoms with E-state index in [1.165, 1.54) is 10.8 Å². The van der Waals surface area contributed by atoms with Gasteiger partial charge in [0.25, 0.3) is 6.47 Å². The van der Waals surface area contributed by atoms with Crippen LogP contribution >= 0.6 is 0 Å². The number of nitrogens with zero attached hydrogens (tertiary/aromatic N) is 2. The Morgan fingerprint density at radius 1 is 1.63 bits per heavy atom. The van der Waals surface area contributed by atoms with Crippen LogP contribution in [0.15, 0.2) is 24.5 Å². The van der Waals surface area contributed by atoms with E-state index < -0.39 is 11.0 Å². The van der Waals surface area contributed by atoms with Gasteiger partial charge in [0.2, 0.25) is 12.6 Å². The van der Waals surface area contributed by atoms with E-state index in [9.17, 15) is 14.5 Å². The van der Waals surface area contributed by atoms with Crippen molar-refractivity contribution in [3.63, 3.8) is 0 Å². The molecule has 1 aromatic heterocycles. The molecule has 0 unspecified atom stereocenters. The van der Waals surface area contributed by atoms with E-state index >= 15 is 0 Å². The Balaban J connectivity index is 2.47. The number of rotatable bonds is 8. The molecule has 0 saturated carbocycles. The number of carbonyl (C=O) groups excluding carboxylic acids is 2. The van der Waals surface area contributed by atoms with Gasteiger partial charge in [0.05, 0.1) is 18.9 Å². The molecule has 2 N–H and O–H groups in total. The lowest BCUT2D eigenvalue weighted by Gasteiger charge is -2.06. The number of carbonyl (C=O) groups is 2. The van der Waals surface area contributed by atoms with Crippen molar-refractivity contribution in [2.45, 2.75) is 0 Å². The van der Waals surface area contributed by atoms with Crippen molar-refractivity contribution in [3.8, 4) is 0 Å². The fraction of sp³-hybridized carbons (Fsp3) is 0.200. The molecule has 1 amide bonds. The lowest BCUT2D eigenvalue weighted by Crippen LogP contribution is -2.35. The molecule has 0 saturated heterocycles. The second kappa shape index (κ2) is 7.48. The average Bonchev–Trinajstić information content (AvgIpc) is 2.41. The molecule has 0 bridgehead atoms. The molecular weight excluding hydrogens is 258 g/mol. The maximum atomic E-state index is 11.7. The van der Waals surface area contributed by atoms with Gasteiger partial charge in [0.1, 0.15) is 4.91 Å². The summed E-state index contributed by atoms with van der Waals surface area (Å²) in [6.07, 6.45) is 3.01. The normalized spacial score (nSPS) is 9.26. The molecule has 0 aromatic carbocycles. The first-order valence-electron chi connectivity index (χ1n) is 5.14. The van der Waals surface area contributed by atoms with Crippen molar-refractivity contribution in [1.29, 1.82) is 0 Å². The standard InChI is InChI=1S/C10H11N3O6/c14-8-18-7-12-4-1-2-9(6-12)10(15)11-3-5-19-13(16)17/h1-2,4,6-8H,3,5H2,(H-,11,15,16,17)/p+1. The maximum Gasteiger partial charge on any atom is 0.475 e. The van der Waals surface area contributed by atoms with Crippen LogP contribution < -0.4 is 9.88 Å². The van der Waals surface area contributed by atoms with E-state index in [4.69, 9.17) is 5.21 Å². The molecule has 1 rings (SSSR count). The predicted octanol–water partition coefficient (Wildman–Crippen LogP) is -1.06. The van der Waals surface area contributed by atoms with Crippen molar-refractivity contribution >= 4 is 12.4 Å². The minimum Gasteiger partial charge on any atom is -0.443 e. The maximum absolute atomic E-state index is 11.7. The van der Waals surface area contributed by atoms with Gasteiger partial charge in [-0.05, 0) is 0 Å². The minimum atomic E-state index is -0.686. The number of hydrogen-bond donors (Lipinski definition) is 2. The van der Waals surface area contributed by atoms with Crippen molar-refractivity contribution in [3.05, 3.63) is 41.7 Å². The minimum absolute atomic E-state index is 0.0432. The van der Waals surface area contributed by atoms with E-state index in [2.05, 4.69) is 14.9 Å². The predicted molar refractivity (Wildman–Crippen MR) is 57.2 cm³/mol. The van der Waals surface area contributed by atoms with E-state index in [0.29, 0.717) is 5.56 Å². The summed E-state index contributed by atoms with van der Waals surface area (Å²) in [6, 6.07) is 3.14. The highest BCUT2D eigenvalue weighted by Gasteiger charge is 2.08. The SMILES string of the molecule is O=CO[CH-][n+]1cccc(C(=O)NCCO[N+](=O)O)c1. The van der Waals surface area contributed by atoms with Crippen molar-refractivity contribution in [2.75, 3.05) is 13.2 Å². The van der Waals surface area contributed by atoms with Crippen LogP contribution in [-0.4, -0.2) is 35.8 Å². The van der Waals surface area contributed by atoms with E-state index in [-0.39, 0.29) is 19.6 Å². The molecule has 0 atom stereocenters. The van der Waals surface area contributed by atoms with Gasteiger partial charge >= 0.3 is 5.09 Å². The number of aromatic nitrogens is 1. The summed E-state index contributed by atoms with van der Waals surface area (Å²) in [5.74, 6) is -0.409. The lowest BCUT2D eigenvalue weighted by atomic mass is 10.2. The summed E-state index contributed by atoms with van der Waals surface area (Å²) >= 11 is 0. The molecule has 0 fully saturated rings. The van der Waals surface area contributed by atoms with Gasteiger partial charge in [-0.25, -0.2) is 5.21 Å². The molecule has 0 spiro atoms. The molecule has 1 aromatic rings. The fourth-order valence-electron chi connectivity index (χ4n) is 1.18. The Kier molecular flexibility index (Phi) is 5.60. The zero-order valence-corrected chi connectivity index (χ0v) is 9.76. The van der Waals surface area contributed by atoms with Crippen LogP contribution in [0.3, 0.4) is 0 Å². The zero-order chi connectivity index (χ0) is 14.1. The fourth-order valence-corrected chi connectivity index (χ4v) is 1.18. The van der Waals surface area contributed by atoms with Crippen molar-refractivity contribution < 1.29 is 34.0 Å². The van der Waals surface area contributed by atoms with Gasteiger partial charge in [-0.3, -0.25) is 9.59 Å². The lowest BCUT2D eigenvalue weighted by molar-refractivity contribution is -0.975. The van der Waals surface area contributed by atoms with E-state index in [1.807, 2.05) is 0 Å². The van der Waals surface area contributed by atoms with Gasteiger partial charge in [-0.1, -0.05) is 12.1 Å². The summed E-state index contributed by atoms with van der Waals surface area (Å²) in [5, 5.41) is 9.92. The second-order valence-electron chi connectivity index (χ2n) is 3.20. The highest BCUT2D eigenvalue weighted by molar-refractivity contribution is 5.93. The Morgan fingerprint density at radius 2 is 2.42 bits per heavy atom. The first-order chi connectivity index (χ1) is 9.13. The van der Waals surface area contributed by atoms with Crippen LogP contribution in [0.2, 0.25) is 0 Å². The van der Waals surface area contributed by atoms with Gasteiger partial charge in [0.15, 0.2) is 6.61 Å². The largest absolute Gasteiger partial charge is 0.475 e. The molecule has 9 heteroatoms. The third kappa shape index (κ3) is 5.35. The highest BCUT2D eigenvalue weighted by Crippen LogP contribution is 1.94. The summed E-state index contributed by atoms with van der Waals surface area (Å²) in [7, 11) is 0. The number of hydrogen-bond acceptors (Lipinski definition) is 5. The summed E-state index contributed by atoms with van der Waals surface area (Å²) < 4.78 is 5.80. The van der Waals surface area contributed by atoms with Crippen molar-refractivity contribution in [2.24, 2.45) is 0 Å². The quantitative estimate of drug-likeness (QED) is 0.205. The summed E-state index contributed by atoms with van der Waals surface area (Å²) in [4.78, 5) is 35.8. The first kappa shape index (κ1) is 14.2. The number of nitrogens with one attached hydrogen (secondary N) is 1. The van der Waals surface area contributed by atoms with E-state index in [0.717, 1.165) is 6.73 Å². The Labute approximate surface area is 107 Å². The van der Waals surface area contributed by atoms with Crippen molar-refractivity contribution in [1.82, 2.24) is 5.32 Å². The highest BCUT2D eigenvalue weighted by atomic mass is 16.9. The molecule has 1 heterocycles. The number of pyridine rings is 1. The summed E-state index contributed by atoms with van der Waals surface area (Å²) in [6.45, 7) is 1.25. The Hall–Kier alpha value is -2.84. The second-order valence-corrected chi connectivity index (χ2v) is 3.20. The molecule has 9 nitrogen and oxygen atoms in total. The molecule has 0 radical (unpaired) electrons. The molecule has 0 aliphatic carbocycles. The molecule has 19 heavy (non-hydrogen) atoms. The number of amides is 1. The molecule has 102 valence electrons. The van der Waals surface area contributed by atoms with E-state index in [1.54, 1.807) is 18.3 Å². The Bertz CT molecular complexity index is 464. The van der Waals surface area contributed by atoms with Crippen LogP contribution in [0.25, 0.3) is 0 Å². The van der Waals surface area contributed by atoms with Gasteiger partial charge in [0, 0.05) is 5.56 Å². The summed E-state index contributed by atoms with van der Waals surface area (Å²) in [5.41, 5.74) is 0.316. The van der Waals surface area contributed by atoms with Crippen LogP contribution in [0.4, 0.5) is 0 Å². The Morgan fingerprint density at radius 3 is 3.11 bits per heavy atom. The van der Waals surface area contributed by atoms with Gasteiger partial charge < -0.3 is 14.6 Å². The van der Waals surface area contributed by atoms with Crippen LogP contribution in [-0.2, 0) is 14.4 Å². The van der Waals surface area contributed by atoms with Crippen LogP contribution in [0.1, 0.15) is 10.4 Å². The third-order valence-electron chi connectivity index (χ3n) is 1.91. The molecule has 0 aliphatic heterocycles. The van der Waals surface area contributed by atoms with Crippen LogP contribution in [0, 0.1) is 11.6 Å². The molecule has 0 aliphatic rings. The first-order valence-corrected chi connectivity index (χ1v) is 5.14. The molecular formula is C10H12N3O6+. The third-order valence-corrected chi connectivity index (χ3v) is 1.91.